The number of rotatable bonds is 4. The Bertz CT molecular complexity index is 759. The van der Waals surface area contributed by atoms with Crippen molar-refractivity contribution in [3.8, 4) is 0 Å². The summed E-state index contributed by atoms with van der Waals surface area (Å²) in [6, 6.07) is 20.0. The first kappa shape index (κ1) is 14.9. The van der Waals surface area contributed by atoms with Crippen molar-refractivity contribution >= 4 is 12.6 Å². The number of benzene rings is 2. The largest absolute Gasteiger partial charge is 0.299 e. The first-order valence-electron chi connectivity index (χ1n) is 8.04. The maximum absolute atomic E-state index is 14.3. The van der Waals surface area contributed by atoms with E-state index in [1.807, 2.05) is 67.6 Å². The maximum Gasteiger partial charge on any atom is 0.208 e. The van der Waals surface area contributed by atoms with Crippen molar-refractivity contribution in [2.45, 2.75) is 31.1 Å². The van der Waals surface area contributed by atoms with Crippen LogP contribution in [0.2, 0.25) is 0 Å². The lowest BCUT2D eigenvalue weighted by molar-refractivity contribution is -0.0769. The van der Waals surface area contributed by atoms with E-state index in [1.165, 1.54) is 0 Å². The fourth-order valence-corrected chi connectivity index (χ4v) is 6.54. The van der Waals surface area contributed by atoms with Crippen LogP contribution in [0, 0.1) is 0 Å². The molecule has 4 rings (SSSR count). The molecule has 0 aromatic heterocycles. The third-order valence-corrected chi connectivity index (χ3v) is 8.14. The number of hydroxylamine groups is 1. The average molecular weight is 325 g/mol. The summed E-state index contributed by atoms with van der Waals surface area (Å²) < 4.78 is 14.3. The molecule has 1 saturated heterocycles. The van der Waals surface area contributed by atoms with Gasteiger partial charge in [-0.05, 0) is 12.5 Å². The summed E-state index contributed by atoms with van der Waals surface area (Å²) in [5.41, 5.74) is 0.953. The van der Waals surface area contributed by atoms with Crippen LogP contribution in [-0.4, -0.2) is 17.0 Å². The second kappa shape index (κ2) is 5.76. The van der Waals surface area contributed by atoms with Gasteiger partial charge < -0.3 is 0 Å². The molecule has 0 saturated carbocycles. The minimum Gasteiger partial charge on any atom is -0.299 e. The van der Waals surface area contributed by atoms with E-state index >= 15 is 0 Å². The topological polar surface area (TPSA) is 29.5 Å². The van der Waals surface area contributed by atoms with Crippen molar-refractivity contribution in [1.82, 2.24) is 4.83 Å². The van der Waals surface area contributed by atoms with Gasteiger partial charge in [0.25, 0.3) is 0 Å². The minimum absolute atomic E-state index is 0.0695. The van der Waals surface area contributed by atoms with Crippen molar-refractivity contribution < 1.29 is 9.40 Å². The van der Waals surface area contributed by atoms with Crippen molar-refractivity contribution in [3.63, 3.8) is 0 Å². The number of hydrogen-bond acceptors (Lipinski definition) is 2. The molecule has 1 aliphatic carbocycles. The van der Waals surface area contributed by atoms with Crippen molar-refractivity contribution in [2.75, 3.05) is 0 Å². The van der Waals surface area contributed by atoms with Gasteiger partial charge in [0.15, 0.2) is 0 Å². The quantitative estimate of drug-likeness (QED) is 0.620. The molecule has 0 radical (unpaired) electrons. The van der Waals surface area contributed by atoms with Gasteiger partial charge in [0.1, 0.15) is 0 Å². The van der Waals surface area contributed by atoms with Crippen LogP contribution in [0.4, 0.5) is 0 Å². The van der Waals surface area contributed by atoms with E-state index in [9.17, 15) is 4.57 Å². The van der Waals surface area contributed by atoms with Gasteiger partial charge in [-0.25, -0.2) is 0 Å². The van der Waals surface area contributed by atoms with E-state index in [2.05, 4.69) is 12.2 Å². The molecule has 2 aliphatic rings. The van der Waals surface area contributed by atoms with Gasteiger partial charge in [-0.15, -0.1) is 4.83 Å². The van der Waals surface area contributed by atoms with Crippen LogP contribution in [0.25, 0.3) is 0 Å². The first-order valence-corrected chi connectivity index (χ1v) is 9.77. The van der Waals surface area contributed by atoms with E-state index < -0.39 is 7.29 Å². The van der Waals surface area contributed by atoms with Crippen LogP contribution in [-0.2, 0) is 9.40 Å². The summed E-state index contributed by atoms with van der Waals surface area (Å²) in [6.07, 6.45) is 5.17. The summed E-state index contributed by atoms with van der Waals surface area (Å²) in [4.78, 5) is 7.80. The molecule has 2 aromatic carbocycles. The van der Waals surface area contributed by atoms with Crippen molar-refractivity contribution in [2.24, 2.45) is 0 Å². The molecule has 4 atom stereocenters. The molecular formula is C19H20NO2P. The summed E-state index contributed by atoms with van der Waals surface area (Å²) >= 11 is 0. The van der Waals surface area contributed by atoms with Gasteiger partial charge in [-0.2, -0.15) is 0 Å². The van der Waals surface area contributed by atoms with Gasteiger partial charge in [0, 0.05) is 11.7 Å². The zero-order chi connectivity index (χ0) is 15.9. The highest BCUT2D eigenvalue weighted by atomic mass is 31.2. The summed E-state index contributed by atoms with van der Waals surface area (Å²) in [5, 5.41) is 0.859. The number of hydrogen-bond donors (Lipinski definition) is 0. The van der Waals surface area contributed by atoms with E-state index in [-0.39, 0.29) is 17.8 Å². The summed E-state index contributed by atoms with van der Waals surface area (Å²) in [5.74, 6) is 0. The fourth-order valence-electron chi connectivity index (χ4n) is 3.48. The van der Waals surface area contributed by atoms with Gasteiger partial charge in [0.05, 0.1) is 17.8 Å². The summed E-state index contributed by atoms with van der Waals surface area (Å²) in [6.45, 7) is 2.04. The Morgan fingerprint density at radius 3 is 2.26 bits per heavy atom. The molecule has 1 heterocycles. The van der Waals surface area contributed by atoms with Crippen LogP contribution >= 0.6 is 7.29 Å². The summed E-state index contributed by atoms with van der Waals surface area (Å²) in [7, 11) is -2.91. The molecule has 1 aliphatic heterocycles. The van der Waals surface area contributed by atoms with Crippen LogP contribution in [0.15, 0.2) is 72.8 Å². The monoisotopic (exact) mass is 325 g/mol. The Labute approximate surface area is 137 Å². The standard InChI is InChI=1S/C19H20NO2P/c1-15(16-8-4-2-5-9-16)23(21,19-10-6-3-7-11-19)20-17-12-13-18(14-17)22-20/h2-13,15,17-18H,14H2,1H3/t15-,17-,18+,23+/m0/s1. The molecule has 4 heteroatoms. The Kier molecular flexibility index (Phi) is 3.73. The minimum atomic E-state index is -2.91. The average Bonchev–Trinajstić information content (AvgIpc) is 3.25. The molecule has 1 fully saturated rings. The third kappa shape index (κ3) is 2.40. The molecule has 0 spiro atoms. The van der Waals surface area contributed by atoms with Crippen LogP contribution in [0.1, 0.15) is 24.6 Å². The Hall–Kier alpha value is -1.67. The highest BCUT2D eigenvalue weighted by Crippen LogP contribution is 2.64. The van der Waals surface area contributed by atoms with E-state index in [1.54, 1.807) is 4.83 Å². The van der Waals surface area contributed by atoms with Crippen LogP contribution in [0.3, 0.4) is 0 Å². The molecule has 118 valence electrons. The Morgan fingerprint density at radius 1 is 1.04 bits per heavy atom. The predicted octanol–water partition coefficient (Wildman–Crippen LogP) is 4.30. The molecule has 0 amide bonds. The second-order valence-corrected chi connectivity index (χ2v) is 9.11. The maximum atomic E-state index is 14.3. The van der Waals surface area contributed by atoms with Crippen LogP contribution in [0.5, 0.6) is 0 Å². The molecule has 2 aromatic rings. The molecule has 23 heavy (non-hydrogen) atoms. The number of fused-ring (bicyclic) bond motifs is 2. The molecule has 0 N–H and O–H groups in total. The number of nitrogens with zero attached hydrogens (tertiary/aromatic N) is 1. The van der Waals surface area contributed by atoms with Crippen LogP contribution < -0.4 is 5.30 Å². The Balaban J connectivity index is 1.82. The van der Waals surface area contributed by atoms with Gasteiger partial charge in [0.2, 0.25) is 7.29 Å². The van der Waals surface area contributed by atoms with E-state index in [0.717, 1.165) is 17.3 Å². The fraction of sp³-hybridized carbons (Fsp3) is 0.263. The molecular weight excluding hydrogens is 305 g/mol. The highest BCUT2D eigenvalue weighted by molar-refractivity contribution is 7.69. The lowest BCUT2D eigenvalue weighted by Crippen LogP contribution is -2.32. The third-order valence-electron chi connectivity index (χ3n) is 4.77. The van der Waals surface area contributed by atoms with Gasteiger partial charge in [-0.1, -0.05) is 72.8 Å². The smallest absolute Gasteiger partial charge is 0.208 e. The van der Waals surface area contributed by atoms with Crippen molar-refractivity contribution in [3.05, 3.63) is 78.4 Å². The Morgan fingerprint density at radius 2 is 1.70 bits per heavy atom. The zero-order valence-corrected chi connectivity index (χ0v) is 14.0. The first-order chi connectivity index (χ1) is 11.2. The van der Waals surface area contributed by atoms with Gasteiger partial charge >= 0.3 is 0 Å². The van der Waals surface area contributed by atoms with E-state index in [4.69, 9.17) is 4.84 Å². The van der Waals surface area contributed by atoms with Crippen molar-refractivity contribution in [1.29, 1.82) is 0 Å². The second-order valence-electron chi connectivity index (χ2n) is 6.18. The highest BCUT2D eigenvalue weighted by Gasteiger charge is 2.49. The predicted molar refractivity (Wildman–Crippen MR) is 92.8 cm³/mol. The zero-order valence-electron chi connectivity index (χ0n) is 13.1. The lowest BCUT2D eigenvalue weighted by Gasteiger charge is -2.36. The van der Waals surface area contributed by atoms with Gasteiger partial charge in [-0.3, -0.25) is 9.40 Å². The lowest BCUT2D eigenvalue weighted by atomic mass is 10.2. The molecule has 0 unspecified atom stereocenters. The molecule has 2 bridgehead atoms. The molecule has 3 nitrogen and oxygen atoms in total. The normalized spacial score (nSPS) is 27.0. The SMILES string of the molecule is C[C@@H](c1ccccc1)[P@@](=O)(c1ccccc1)N1O[C@@H]2C=C[C@H]1C2. The van der Waals surface area contributed by atoms with E-state index in [0.29, 0.717) is 0 Å².